The van der Waals surface area contributed by atoms with Crippen molar-refractivity contribution in [2.75, 3.05) is 19.4 Å². The van der Waals surface area contributed by atoms with E-state index in [1.54, 1.807) is 10.8 Å². The van der Waals surface area contributed by atoms with E-state index >= 15 is 0 Å². The van der Waals surface area contributed by atoms with Crippen LogP contribution in [0.1, 0.15) is 10.5 Å². The van der Waals surface area contributed by atoms with Crippen LogP contribution in [0.5, 0.6) is 0 Å². The molecule has 0 unspecified atom stereocenters. The molecule has 19 heavy (non-hydrogen) atoms. The summed E-state index contributed by atoms with van der Waals surface area (Å²) < 4.78 is 1.80. The summed E-state index contributed by atoms with van der Waals surface area (Å²) in [5.74, 6) is -0.245. The zero-order valence-electron chi connectivity index (χ0n) is 10.5. The number of hydrogen-bond donors (Lipinski definition) is 2. The highest BCUT2D eigenvalue weighted by atomic mass is 32.2. The highest BCUT2D eigenvalue weighted by molar-refractivity contribution is 7.98. The van der Waals surface area contributed by atoms with Crippen molar-refractivity contribution in [3.05, 3.63) is 42.2 Å². The molecule has 0 atom stereocenters. The first-order valence-corrected chi connectivity index (χ1v) is 7.06. The predicted molar refractivity (Wildman–Crippen MR) is 74.8 cm³/mol. The lowest BCUT2D eigenvalue weighted by atomic mass is 10.3. The van der Waals surface area contributed by atoms with E-state index in [-0.39, 0.29) is 19.1 Å². The number of amides is 1. The minimum Gasteiger partial charge on any atom is -0.395 e. The Hall–Kier alpha value is -1.79. The fourth-order valence-electron chi connectivity index (χ4n) is 1.73. The van der Waals surface area contributed by atoms with Crippen molar-refractivity contribution >= 4 is 17.7 Å². The Balaban J connectivity index is 2.40. The largest absolute Gasteiger partial charge is 0.395 e. The Morgan fingerprint density at radius 2 is 2.16 bits per heavy atom. The van der Waals surface area contributed by atoms with Crippen LogP contribution in [0.3, 0.4) is 0 Å². The van der Waals surface area contributed by atoms with Crippen molar-refractivity contribution in [3.63, 3.8) is 0 Å². The number of imidazole rings is 1. The van der Waals surface area contributed by atoms with E-state index in [0.29, 0.717) is 5.69 Å². The summed E-state index contributed by atoms with van der Waals surface area (Å²) in [6.45, 7) is 0.147. The molecule has 1 aromatic carbocycles. The number of aliphatic hydroxyl groups is 1. The van der Waals surface area contributed by atoms with Gasteiger partial charge in [-0.2, -0.15) is 0 Å². The molecule has 0 fully saturated rings. The van der Waals surface area contributed by atoms with Crippen molar-refractivity contribution in [1.82, 2.24) is 14.9 Å². The summed E-state index contributed by atoms with van der Waals surface area (Å²) >= 11 is 1.47. The number of aliphatic hydroxyl groups excluding tert-OH is 1. The van der Waals surface area contributed by atoms with Crippen LogP contribution in [-0.2, 0) is 0 Å². The molecule has 1 amide bonds. The molecule has 0 radical (unpaired) electrons. The van der Waals surface area contributed by atoms with Gasteiger partial charge in [0.1, 0.15) is 5.69 Å². The molecular formula is C13H15N3O2S. The standard InChI is InChI=1S/C13H15N3O2S/c1-19-13-15-9-11(12(18)14-7-8-17)16(13)10-5-3-2-4-6-10/h2-6,9,17H,7-8H2,1H3,(H,14,18). The topological polar surface area (TPSA) is 67.2 Å². The van der Waals surface area contributed by atoms with Crippen LogP contribution in [0.4, 0.5) is 0 Å². The van der Waals surface area contributed by atoms with Gasteiger partial charge < -0.3 is 10.4 Å². The van der Waals surface area contributed by atoms with Gasteiger partial charge >= 0.3 is 0 Å². The third-order valence-electron chi connectivity index (χ3n) is 2.56. The van der Waals surface area contributed by atoms with Crippen LogP contribution < -0.4 is 5.32 Å². The first-order chi connectivity index (χ1) is 9.27. The second-order valence-corrected chi connectivity index (χ2v) is 4.55. The Morgan fingerprint density at radius 3 is 2.79 bits per heavy atom. The van der Waals surface area contributed by atoms with E-state index in [9.17, 15) is 4.79 Å². The lowest BCUT2D eigenvalue weighted by molar-refractivity contribution is 0.0937. The summed E-state index contributed by atoms with van der Waals surface area (Å²) in [6.07, 6.45) is 3.46. The van der Waals surface area contributed by atoms with Gasteiger partial charge in [-0.15, -0.1) is 0 Å². The molecule has 5 nitrogen and oxygen atoms in total. The van der Waals surface area contributed by atoms with Crippen LogP contribution >= 0.6 is 11.8 Å². The minimum absolute atomic E-state index is 0.0827. The Morgan fingerprint density at radius 1 is 1.42 bits per heavy atom. The van der Waals surface area contributed by atoms with Crippen molar-refractivity contribution in [1.29, 1.82) is 0 Å². The fraction of sp³-hybridized carbons (Fsp3) is 0.231. The van der Waals surface area contributed by atoms with Gasteiger partial charge in [-0.25, -0.2) is 4.98 Å². The molecule has 0 saturated heterocycles. The van der Waals surface area contributed by atoms with Gasteiger partial charge in [0.05, 0.1) is 12.8 Å². The molecule has 0 aliphatic heterocycles. The molecule has 1 aromatic heterocycles. The third kappa shape index (κ3) is 2.97. The Labute approximate surface area is 115 Å². The first-order valence-electron chi connectivity index (χ1n) is 5.84. The number of nitrogens with zero attached hydrogens (tertiary/aromatic N) is 2. The van der Waals surface area contributed by atoms with Gasteiger partial charge in [-0.3, -0.25) is 9.36 Å². The van der Waals surface area contributed by atoms with E-state index in [2.05, 4.69) is 10.3 Å². The van der Waals surface area contributed by atoms with Gasteiger partial charge in [0, 0.05) is 12.2 Å². The lowest BCUT2D eigenvalue weighted by Crippen LogP contribution is -2.28. The van der Waals surface area contributed by atoms with E-state index in [1.165, 1.54) is 11.8 Å². The number of nitrogens with one attached hydrogen (secondary N) is 1. The second kappa shape index (κ2) is 6.40. The monoisotopic (exact) mass is 277 g/mol. The minimum atomic E-state index is -0.245. The molecule has 2 rings (SSSR count). The number of thioether (sulfide) groups is 1. The van der Waals surface area contributed by atoms with Crippen molar-refractivity contribution in [2.24, 2.45) is 0 Å². The number of rotatable bonds is 5. The van der Waals surface area contributed by atoms with Crippen LogP contribution in [0.15, 0.2) is 41.7 Å². The van der Waals surface area contributed by atoms with Crippen LogP contribution in [0.2, 0.25) is 0 Å². The quantitative estimate of drug-likeness (QED) is 0.809. The predicted octanol–water partition coefficient (Wildman–Crippen LogP) is 1.32. The molecular weight excluding hydrogens is 262 g/mol. The van der Waals surface area contributed by atoms with Crippen molar-refractivity contribution < 1.29 is 9.90 Å². The molecule has 100 valence electrons. The highest BCUT2D eigenvalue weighted by Gasteiger charge is 2.16. The number of aromatic nitrogens is 2. The number of benzene rings is 1. The zero-order valence-corrected chi connectivity index (χ0v) is 11.4. The van der Waals surface area contributed by atoms with Gasteiger partial charge in [-0.1, -0.05) is 30.0 Å². The molecule has 0 aliphatic carbocycles. The number of para-hydroxylation sites is 1. The third-order valence-corrected chi connectivity index (χ3v) is 3.21. The maximum absolute atomic E-state index is 12.0. The van der Waals surface area contributed by atoms with E-state index in [4.69, 9.17) is 5.11 Å². The molecule has 0 bridgehead atoms. The average molecular weight is 277 g/mol. The summed E-state index contributed by atoms with van der Waals surface area (Å²) in [5.41, 5.74) is 1.35. The normalized spacial score (nSPS) is 10.4. The summed E-state index contributed by atoms with van der Waals surface area (Å²) in [4.78, 5) is 16.3. The van der Waals surface area contributed by atoms with Crippen molar-refractivity contribution in [2.45, 2.75) is 5.16 Å². The number of hydrogen-bond acceptors (Lipinski definition) is 4. The highest BCUT2D eigenvalue weighted by Crippen LogP contribution is 2.21. The van der Waals surface area contributed by atoms with E-state index < -0.39 is 0 Å². The molecule has 6 heteroatoms. The van der Waals surface area contributed by atoms with E-state index in [1.807, 2.05) is 36.6 Å². The Kier molecular flexibility index (Phi) is 4.59. The first kappa shape index (κ1) is 13.6. The molecule has 0 spiro atoms. The maximum Gasteiger partial charge on any atom is 0.270 e. The van der Waals surface area contributed by atoms with Gasteiger partial charge in [0.2, 0.25) is 0 Å². The van der Waals surface area contributed by atoms with Gasteiger partial charge in [-0.05, 0) is 18.4 Å². The molecule has 0 saturated carbocycles. The summed E-state index contributed by atoms with van der Waals surface area (Å²) in [5, 5.41) is 12.1. The van der Waals surface area contributed by atoms with Gasteiger partial charge in [0.25, 0.3) is 5.91 Å². The SMILES string of the molecule is CSc1ncc(C(=O)NCCO)n1-c1ccccc1. The van der Waals surface area contributed by atoms with Crippen molar-refractivity contribution in [3.8, 4) is 5.69 Å². The second-order valence-electron chi connectivity index (χ2n) is 3.78. The van der Waals surface area contributed by atoms with Crippen LogP contribution in [-0.4, -0.2) is 40.0 Å². The molecule has 2 N–H and O–H groups in total. The molecule has 0 aliphatic rings. The van der Waals surface area contributed by atoms with Crippen LogP contribution in [0, 0.1) is 0 Å². The smallest absolute Gasteiger partial charge is 0.270 e. The van der Waals surface area contributed by atoms with Gasteiger partial charge in [0.15, 0.2) is 5.16 Å². The lowest BCUT2D eigenvalue weighted by Gasteiger charge is -2.10. The maximum atomic E-state index is 12.0. The molecule has 1 heterocycles. The zero-order chi connectivity index (χ0) is 13.7. The fourth-order valence-corrected chi connectivity index (χ4v) is 2.27. The Bertz CT molecular complexity index is 554. The average Bonchev–Trinajstić information content (AvgIpc) is 2.89. The summed E-state index contributed by atoms with van der Waals surface area (Å²) in [7, 11) is 0. The summed E-state index contributed by atoms with van der Waals surface area (Å²) in [6, 6.07) is 9.59. The number of carbonyl (C=O) groups is 1. The molecule has 2 aromatic rings. The number of carbonyl (C=O) groups excluding carboxylic acids is 1. The van der Waals surface area contributed by atoms with Crippen LogP contribution in [0.25, 0.3) is 5.69 Å². The van der Waals surface area contributed by atoms with E-state index in [0.717, 1.165) is 10.8 Å².